The second-order valence-electron chi connectivity index (χ2n) is 8.43. The zero-order valence-electron chi connectivity index (χ0n) is 19.0. The number of aliphatic imine (C=N–C) groups is 1. The van der Waals surface area contributed by atoms with E-state index in [9.17, 15) is 19.7 Å². The number of hydrogen-bond acceptors (Lipinski definition) is 7. The first-order valence-electron chi connectivity index (χ1n) is 11.1. The molecule has 0 spiro atoms. The third kappa shape index (κ3) is 5.63. The maximum atomic E-state index is 13.3. The maximum absolute atomic E-state index is 13.3. The quantitative estimate of drug-likeness (QED) is 0.464. The van der Waals surface area contributed by atoms with Gasteiger partial charge in [-0.2, -0.15) is 0 Å². The lowest BCUT2D eigenvalue weighted by Gasteiger charge is -2.20. The number of amidine groups is 1. The highest BCUT2D eigenvalue weighted by atomic mass is 32.2. The summed E-state index contributed by atoms with van der Waals surface area (Å²) >= 11 is 1.27. The molecule has 0 radical (unpaired) electrons. The van der Waals surface area contributed by atoms with Gasteiger partial charge in [0.25, 0.3) is 5.69 Å². The molecule has 2 unspecified atom stereocenters. The van der Waals surface area contributed by atoms with Gasteiger partial charge in [-0.05, 0) is 44.4 Å². The molecule has 2 atom stereocenters. The molecule has 0 aliphatic carbocycles. The van der Waals surface area contributed by atoms with Crippen LogP contribution < -0.4 is 5.32 Å². The number of carbonyl (C=O) groups is 2. The van der Waals surface area contributed by atoms with Crippen molar-refractivity contribution in [2.24, 2.45) is 4.99 Å². The number of anilines is 1. The Morgan fingerprint density at radius 3 is 2.82 bits per heavy atom. The number of nitrogens with zero attached hydrogens (tertiary/aromatic N) is 3. The Bertz CT molecular complexity index is 1150. The third-order valence-electron chi connectivity index (χ3n) is 5.71. The standard InChI is InChI=1S/C24H26N4O5S/c1-15-8-9-20(16(2)11-15)26-24-27(14-19-7-4-10-33-19)23(30)21(34-24)13-22(29)25-17-5-3-6-18(12-17)28(31)32/h3,5-6,8-9,11-12,19,21H,4,7,10,13-14H2,1-2H3,(H,25,29). The van der Waals surface area contributed by atoms with Crippen LogP contribution in [0.25, 0.3) is 0 Å². The normalized spacial score (nSPS) is 21.3. The van der Waals surface area contributed by atoms with Gasteiger partial charge in [-0.15, -0.1) is 0 Å². The van der Waals surface area contributed by atoms with Crippen LogP contribution in [0.15, 0.2) is 47.5 Å². The van der Waals surface area contributed by atoms with Gasteiger partial charge in [0.2, 0.25) is 11.8 Å². The maximum Gasteiger partial charge on any atom is 0.271 e. The van der Waals surface area contributed by atoms with E-state index >= 15 is 0 Å². The van der Waals surface area contributed by atoms with Gasteiger partial charge in [0, 0.05) is 30.8 Å². The summed E-state index contributed by atoms with van der Waals surface area (Å²) < 4.78 is 5.73. The average molecular weight is 483 g/mol. The topological polar surface area (TPSA) is 114 Å². The summed E-state index contributed by atoms with van der Waals surface area (Å²) in [4.78, 5) is 42.8. The molecule has 0 saturated carbocycles. The zero-order valence-corrected chi connectivity index (χ0v) is 19.8. The number of nitro groups is 1. The van der Waals surface area contributed by atoms with Crippen LogP contribution in [-0.2, 0) is 14.3 Å². The predicted molar refractivity (Wildman–Crippen MR) is 131 cm³/mol. The van der Waals surface area contributed by atoms with Gasteiger partial charge < -0.3 is 10.1 Å². The molecule has 2 aromatic rings. The monoisotopic (exact) mass is 482 g/mol. The van der Waals surface area contributed by atoms with E-state index in [1.165, 1.54) is 30.0 Å². The van der Waals surface area contributed by atoms with Crippen molar-refractivity contribution in [1.29, 1.82) is 0 Å². The molecular weight excluding hydrogens is 456 g/mol. The largest absolute Gasteiger partial charge is 0.376 e. The highest BCUT2D eigenvalue weighted by Gasteiger charge is 2.40. The lowest BCUT2D eigenvalue weighted by atomic mass is 10.1. The molecule has 2 saturated heterocycles. The molecule has 9 nitrogen and oxygen atoms in total. The van der Waals surface area contributed by atoms with Crippen LogP contribution >= 0.6 is 11.8 Å². The number of amides is 2. The van der Waals surface area contributed by atoms with Crippen molar-refractivity contribution in [3.63, 3.8) is 0 Å². The second-order valence-corrected chi connectivity index (χ2v) is 9.60. The molecular formula is C24H26N4O5S. The van der Waals surface area contributed by atoms with Crippen LogP contribution in [0.5, 0.6) is 0 Å². The van der Waals surface area contributed by atoms with Gasteiger partial charge in [-0.1, -0.05) is 35.5 Å². The van der Waals surface area contributed by atoms with Crippen molar-refractivity contribution in [3.05, 3.63) is 63.7 Å². The van der Waals surface area contributed by atoms with Crippen LogP contribution in [0.2, 0.25) is 0 Å². The van der Waals surface area contributed by atoms with Crippen LogP contribution in [0.1, 0.15) is 30.4 Å². The highest BCUT2D eigenvalue weighted by Crippen LogP contribution is 2.34. The number of thioether (sulfide) groups is 1. The Morgan fingerprint density at radius 2 is 2.12 bits per heavy atom. The van der Waals surface area contributed by atoms with Crippen molar-refractivity contribution in [1.82, 2.24) is 4.90 Å². The molecule has 2 aliphatic rings. The van der Waals surface area contributed by atoms with Crippen LogP contribution in [0.4, 0.5) is 17.1 Å². The molecule has 4 rings (SSSR count). The van der Waals surface area contributed by atoms with Crippen molar-refractivity contribution in [2.75, 3.05) is 18.5 Å². The number of carbonyl (C=O) groups excluding carboxylic acids is 2. The molecule has 2 fully saturated rings. The van der Waals surface area contributed by atoms with Gasteiger partial charge in [0.1, 0.15) is 5.25 Å². The van der Waals surface area contributed by atoms with Gasteiger partial charge in [-0.3, -0.25) is 24.6 Å². The number of rotatable bonds is 7. The molecule has 2 heterocycles. The number of benzene rings is 2. The number of nitrogens with one attached hydrogen (secondary N) is 1. The minimum atomic E-state index is -0.635. The Kier molecular flexibility index (Phi) is 7.28. The SMILES string of the molecule is Cc1ccc(N=C2SC(CC(=O)Nc3cccc([N+](=O)[O-])c3)C(=O)N2CC2CCCO2)c(C)c1. The summed E-state index contributed by atoms with van der Waals surface area (Å²) in [5.41, 5.74) is 3.11. The molecule has 2 aliphatic heterocycles. The Balaban J connectivity index is 1.51. The fourth-order valence-corrected chi connectivity index (χ4v) is 5.16. The third-order valence-corrected chi connectivity index (χ3v) is 6.89. The van der Waals surface area contributed by atoms with E-state index in [1.54, 1.807) is 11.0 Å². The van der Waals surface area contributed by atoms with Crippen molar-refractivity contribution >= 4 is 45.8 Å². The van der Waals surface area contributed by atoms with Crippen molar-refractivity contribution in [3.8, 4) is 0 Å². The number of non-ortho nitro benzene ring substituents is 1. The number of nitro benzene ring substituents is 1. The molecule has 2 amide bonds. The molecule has 2 aromatic carbocycles. The summed E-state index contributed by atoms with van der Waals surface area (Å²) in [7, 11) is 0. The smallest absolute Gasteiger partial charge is 0.271 e. The number of aryl methyl sites for hydroxylation is 2. The van der Waals surface area contributed by atoms with Gasteiger partial charge >= 0.3 is 0 Å². The molecule has 0 aromatic heterocycles. The summed E-state index contributed by atoms with van der Waals surface area (Å²) in [6.07, 6.45) is 1.72. The predicted octanol–water partition coefficient (Wildman–Crippen LogP) is 4.35. The fraction of sp³-hybridized carbons (Fsp3) is 0.375. The number of hydrogen-bond donors (Lipinski definition) is 1. The summed E-state index contributed by atoms with van der Waals surface area (Å²) in [5, 5.41) is 13.6. The molecule has 0 bridgehead atoms. The van der Waals surface area contributed by atoms with E-state index in [2.05, 4.69) is 5.32 Å². The van der Waals surface area contributed by atoms with E-state index < -0.39 is 16.1 Å². The second kappa shape index (κ2) is 10.4. The molecule has 10 heteroatoms. The van der Waals surface area contributed by atoms with Gasteiger partial charge in [0.15, 0.2) is 5.17 Å². The summed E-state index contributed by atoms with van der Waals surface area (Å²) in [6, 6.07) is 11.7. The summed E-state index contributed by atoms with van der Waals surface area (Å²) in [5.74, 6) is -0.575. The fourth-order valence-electron chi connectivity index (χ4n) is 4.00. The van der Waals surface area contributed by atoms with E-state index in [4.69, 9.17) is 9.73 Å². The first-order valence-corrected chi connectivity index (χ1v) is 12.0. The van der Waals surface area contributed by atoms with E-state index in [0.29, 0.717) is 24.0 Å². The van der Waals surface area contributed by atoms with Crippen molar-refractivity contribution < 1.29 is 19.2 Å². The molecule has 1 N–H and O–H groups in total. The van der Waals surface area contributed by atoms with E-state index in [-0.39, 0.29) is 24.1 Å². The van der Waals surface area contributed by atoms with Crippen molar-refractivity contribution in [2.45, 2.75) is 44.5 Å². The minimum Gasteiger partial charge on any atom is -0.376 e. The van der Waals surface area contributed by atoms with E-state index in [0.717, 1.165) is 29.7 Å². The van der Waals surface area contributed by atoms with Crippen LogP contribution in [0.3, 0.4) is 0 Å². The lowest BCUT2D eigenvalue weighted by molar-refractivity contribution is -0.384. The molecule has 34 heavy (non-hydrogen) atoms. The Morgan fingerprint density at radius 1 is 1.29 bits per heavy atom. The van der Waals surface area contributed by atoms with Crippen LogP contribution in [0, 0.1) is 24.0 Å². The first kappa shape index (κ1) is 23.9. The van der Waals surface area contributed by atoms with E-state index in [1.807, 2.05) is 32.0 Å². The zero-order chi connectivity index (χ0) is 24.2. The van der Waals surface area contributed by atoms with Gasteiger partial charge in [0.05, 0.1) is 23.3 Å². The first-order chi connectivity index (χ1) is 16.3. The summed E-state index contributed by atoms with van der Waals surface area (Å²) in [6.45, 7) is 5.07. The molecule has 178 valence electrons. The minimum absolute atomic E-state index is 0.0497. The van der Waals surface area contributed by atoms with Crippen LogP contribution in [-0.4, -0.2) is 51.3 Å². The highest BCUT2D eigenvalue weighted by molar-refractivity contribution is 8.15. The average Bonchev–Trinajstić information content (AvgIpc) is 3.40. The number of ether oxygens (including phenoxy) is 1. The Labute approximate surface area is 201 Å². The Hall–Kier alpha value is -3.24. The lowest BCUT2D eigenvalue weighted by Crippen LogP contribution is -2.38. The van der Waals surface area contributed by atoms with Gasteiger partial charge in [-0.25, -0.2) is 4.99 Å².